The summed E-state index contributed by atoms with van der Waals surface area (Å²) in [4.78, 5) is 25.4. The third kappa shape index (κ3) is 2.58. The van der Waals surface area contributed by atoms with E-state index in [1.165, 1.54) is 0 Å². The van der Waals surface area contributed by atoms with Crippen molar-refractivity contribution >= 4 is 23.1 Å². The summed E-state index contributed by atoms with van der Waals surface area (Å²) < 4.78 is 1.59. The van der Waals surface area contributed by atoms with E-state index in [0.717, 1.165) is 24.3 Å². The van der Waals surface area contributed by atoms with Gasteiger partial charge < -0.3 is 9.80 Å². The molecule has 0 unspecified atom stereocenters. The van der Waals surface area contributed by atoms with Crippen molar-refractivity contribution in [1.82, 2.24) is 19.6 Å². The monoisotopic (exact) mass is 322 g/mol. The molecule has 7 nitrogen and oxygen atoms in total. The number of rotatable bonds is 2. The molecule has 0 fully saturated rings. The number of anilines is 2. The highest BCUT2D eigenvalue weighted by atomic mass is 16.2. The Hall–Kier alpha value is -2.96. The predicted octanol–water partition coefficient (Wildman–Crippen LogP) is 1.54. The van der Waals surface area contributed by atoms with Crippen LogP contribution >= 0.6 is 0 Å². The first-order chi connectivity index (χ1) is 11.7. The van der Waals surface area contributed by atoms with Crippen molar-refractivity contribution < 1.29 is 4.79 Å². The Morgan fingerprint density at radius 2 is 2.00 bits per heavy atom. The first kappa shape index (κ1) is 14.6. The van der Waals surface area contributed by atoms with Crippen molar-refractivity contribution in [1.29, 1.82) is 0 Å². The summed E-state index contributed by atoms with van der Waals surface area (Å²) in [6, 6.07) is 9.79. The van der Waals surface area contributed by atoms with Gasteiger partial charge in [-0.05, 0) is 24.6 Å². The molecular formula is C17H18N6O. The van der Waals surface area contributed by atoms with E-state index in [2.05, 4.69) is 27.0 Å². The normalized spacial score (nSPS) is 14.5. The Balaban J connectivity index is 1.62. The maximum Gasteiger partial charge on any atom is 0.252 e. The smallest absolute Gasteiger partial charge is 0.252 e. The van der Waals surface area contributed by atoms with Crippen LogP contribution in [-0.4, -0.2) is 45.6 Å². The number of benzene rings is 1. The lowest BCUT2D eigenvalue weighted by Gasteiger charge is -2.23. The molecule has 0 atom stereocenters. The third-order valence-corrected chi connectivity index (χ3v) is 4.23. The zero-order valence-electron chi connectivity index (χ0n) is 13.5. The largest absolute Gasteiger partial charge is 0.373 e. The van der Waals surface area contributed by atoms with Crippen LogP contribution in [0.5, 0.6) is 0 Å². The number of fused-ring (bicyclic) bond motifs is 2. The van der Waals surface area contributed by atoms with E-state index in [0.29, 0.717) is 18.1 Å². The van der Waals surface area contributed by atoms with Gasteiger partial charge in [-0.15, -0.1) is 5.10 Å². The average molecular weight is 322 g/mol. The lowest BCUT2D eigenvalue weighted by Crippen LogP contribution is -2.33. The number of hydrogen-bond donors (Lipinski definition) is 0. The Kier molecular flexibility index (Phi) is 3.60. The molecule has 24 heavy (non-hydrogen) atoms. The van der Waals surface area contributed by atoms with Gasteiger partial charge in [0, 0.05) is 32.5 Å². The van der Waals surface area contributed by atoms with Crippen molar-refractivity contribution in [3.05, 3.63) is 48.5 Å². The van der Waals surface area contributed by atoms with Gasteiger partial charge in [0.1, 0.15) is 0 Å². The summed E-state index contributed by atoms with van der Waals surface area (Å²) in [5.74, 6) is 1.01. The van der Waals surface area contributed by atoms with Crippen molar-refractivity contribution in [2.45, 2.75) is 12.8 Å². The molecule has 1 aliphatic heterocycles. The number of amides is 1. The number of para-hydroxylation sites is 2. The molecule has 0 aliphatic carbocycles. The molecule has 3 aromatic rings. The summed E-state index contributed by atoms with van der Waals surface area (Å²) in [6.45, 7) is 1.63. The van der Waals surface area contributed by atoms with Crippen LogP contribution in [0.4, 0.5) is 11.4 Å². The van der Waals surface area contributed by atoms with Gasteiger partial charge in [0.25, 0.3) is 5.78 Å². The highest BCUT2D eigenvalue weighted by Gasteiger charge is 2.24. The Bertz CT molecular complexity index is 856. The van der Waals surface area contributed by atoms with Crippen LogP contribution < -0.4 is 9.80 Å². The van der Waals surface area contributed by atoms with Gasteiger partial charge in [0.05, 0.1) is 17.8 Å². The fourth-order valence-corrected chi connectivity index (χ4v) is 3.06. The SMILES string of the molecule is CN1CCCN(C(=O)Cc2nc3ncccn3n2)c2ccccc21. The Labute approximate surface area is 139 Å². The predicted molar refractivity (Wildman–Crippen MR) is 91.2 cm³/mol. The Morgan fingerprint density at radius 3 is 2.83 bits per heavy atom. The standard InChI is InChI=1S/C17H18N6O/c1-21-9-5-10-22(14-7-3-2-6-13(14)21)16(24)12-15-19-17-18-8-4-11-23(17)20-15/h2-4,6-8,11H,5,9-10,12H2,1H3. The lowest BCUT2D eigenvalue weighted by atomic mass is 10.2. The molecule has 1 aliphatic rings. The van der Waals surface area contributed by atoms with Crippen LogP contribution in [0.2, 0.25) is 0 Å². The van der Waals surface area contributed by atoms with Crippen molar-refractivity contribution in [3.63, 3.8) is 0 Å². The van der Waals surface area contributed by atoms with Crippen molar-refractivity contribution in [3.8, 4) is 0 Å². The van der Waals surface area contributed by atoms with Crippen LogP contribution in [0.25, 0.3) is 5.78 Å². The molecule has 0 bridgehead atoms. The molecule has 3 heterocycles. The average Bonchev–Trinajstić information content (AvgIpc) is 2.92. The molecule has 0 saturated heterocycles. The van der Waals surface area contributed by atoms with Gasteiger partial charge >= 0.3 is 0 Å². The van der Waals surface area contributed by atoms with Crippen molar-refractivity contribution in [2.75, 3.05) is 29.9 Å². The number of hydrogen-bond acceptors (Lipinski definition) is 5. The summed E-state index contributed by atoms with van der Waals surface area (Å²) >= 11 is 0. The molecule has 7 heteroatoms. The van der Waals surface area contributed by atoms with E-state index in [1.807, 2.05) is 29.2 Å². The first-order valence-electron chi connectivity index (χ1n) is 7.99. The minimum atomic E-state index is 0.00801. The second kappa shape index (κ2) is 5.92. The van der Waals surface area contributed by atoms with Crippen molar-refractivity contribution in [2.24, 2.45) is 0 Å². The van der Waals surface area contributed by atoms with Gasteiger partial charge in [-0.1, -0.05) is 12.1 Å². The second-order valence-electron chi connectivity index (χ2n) is 5.88. The number of carbonyl (C=O) groups is 1. The molecular weight excluding hydrogens is 304 g/mol. The van der Waals surface area contributed by atoms with E-state index in [-0.39, 0.29) is 12.3 Å². The molecule has 1 amide bonds. The van der Waals surface area contributed by atoms with E-state index in [9.17, 15) is 4.79 Å². The van der Waals surface area contributed by atoms with Gasteiger partial charge in [-0.25, -0.2) is 9.50 Å². The van der Waals surface area contributed by atoms with Crippen LogP contribution in [-0.2, 0) is 11.2 Å². The van der Waals surface area contributed by atoms with Gasteiger partial charge in [0.15, 0.2) is 5.82 Å². The van der Waals surface area contributed by atoms with E-state index in [1.54, 1.807) is 23.0 Å². The summed E-state index contributed by atoms with van der Waals surface area (Å²) in [5.41, 5.74) is 2.03. The van der Waals surface area contributed by atoms with Gasteiger partial charge in [0.2, 0.25) is 5.91 Å². The molecule has 1 aromatic carbocycles. The maximum absolute atomic E-state index is 12.9. The van der Waals surface area contributed by atoms with Gasteiger partial charge in [-0.3, -0.25) is 4.79 Å². The fraction of sp³-hybridized carbons (Fsp3) is 0.294. The minimum Gasteiger partial charge on any atom is -0.373 e. The second-order valence-corrected chi connectivity index (χ2v) is 5.88. The van der Waals surface area contributed by atoms with Gasteiger partial charge in [-0.2, -0.15) is 4.98 Å². The molecule has 122 valence electrons. The third-order valence-electron chi connectivity index (χ3n) is 4.23. The van der Waals surface area contributed by atoms with Crippen LogP contribution in [0, 0.1) is 0 Å². The van der Waals surface area contributed by atoms with E-state index < -0.39 is 0 Å². The quantitative estimate of drug-likeness (QED) is 0.716. The number of nitrogens with zero attached hydrogens (tertiary/aromatic N) is 6. The summed E-state index contributed by atoms with van der Waals surface area (Å²) in [7, 11) is 2.06. The molecule has 0 radical (unpaired) electrons. The van der Waals surface area contributed by atoms with E-state index in [4.69, 9.17) is 0 Å². The first-order valence-corrected chi connectivity index (χ1v) is 7.99. The molecule has 4 rings (SSSR count). The zero-order chi connectivity index (χ0) is 16.5. The molecule has 0 spiro atoms. The lowest BCUT2D eigenvalue weighted by molar-refractivity contribution is -0.118. The highest BCUT2D eigenvalue weighted by molar-refractivity contribution is 5.98. The summed E-state index contributed by atoms with van der Waals surface area (Å²) in [6.07, 6.45) is 4.54. The number of aromatic nitrogens is 4. The number of carbonyl (C=O) groups excluding carboxylic acids is 1. The fourth-order valence-electron chi connectivity index (χ4n) is 3.06. The van der Waals surface area contributed by atoms with Crippen LogP contribution in [0.15, 0.2) is 42.7 Å². The van der Waals surface area contributed by atoms with Crippen LogP contribution in [0.1, 0.15) is 12.2 Å². The Morgan fingerprint density at radius 1 is 1.17 bits per heavy atom. The molecule has 0 N–H and O–H groups in total. The zero-order valence-corrected chi connectivity index (χ0v) is 13.5. The topological polar surface area (TPSA) is 66.6 Å². The highest BCUT2D eigenvalue weighted by Crippen LogP contribution is 2.31. The molecule has 0 saturated carbocycles. The summed E-state index contributed by atoms with van der Waals surface area (Å²) in [5, 5.41) is 4.33. The van der Waals surface area contributed by atoms with E-state index >= 15 is 0 Å². The minimum absolute atomic E-state index is 0.00801. The molecule has 2 aromatic heterocycles. The van der Waals surface area contributed by atoms with Crippen LogP contribution in [0.3, 0.4) is 0 Å². The maximum atomic E-state index is 12.9.